The van der Waals surface area contributed by atoms with Crippen LogP contribution in [0.25, 0.3) is 21.3 Å². The van der Waals surface area contributed by atoms with Gasteiger partial charge in [0.15, 0.2) is 5.82 Å². The summed E-state index contributed by atoms with van der Waals surface area (Å²) in [5.41, 5.74) is 2.64. The van der Waals surface area contributed by atoms with Crippen molar-refractivity contribution in [2.45, 2.75) is 33.4 Å². The third kappa shape index (κ3) is 3.50. The molecule has 30 heavy (non-hydrogen) atoms. The van der Waals surface area contributed by atoms with Gasteiger partial charge in [-0.05, 0) is 31.0 Å². The molecule has 0 aliphatic rings. The maximum absolute atomic E-state index is 13.2. The third-order valence-corrected chi connectivity index (χ3v) is 5.99. The van der Waals surface area contributed by atoms with Gasteiger partial charge in [-0.15, -0.1) is 11.3 Å². The van der Waals surface area contributed by atoms with Crippen LogP contribution in [0.1, 0.15) is 34.4 Å². The first-order valence-electron chi connectivity index (χ1n) is 9.66. The molecule has 0 saturated carbocycles. The Morgan fingerprint density at radius 1 is 1.20 bits per heavy atom. The van der Waals surface area contributed by atoms with Crippen molar-refractivity contribution in [1.82, 2.24) is 19.5 Å². The van der Waals surface area contributed by atoms with Crippen LogP contribution in [0.2, 0.25) is 0 Å². The molecule has 4 aromatic rings. The number of amides is 1. The van der Waals surface area contributed by atoms with Gasteiger partial charge in [-0.25, -0.2) is 9.97 Å². The molecule has 1 amide bonds. The van der Waals surface area contributed by atoms with E-state index in [1.54, 1.807) is 14.2 Å². The highest BCUT2D eigenvalue weighted by Gasteiger charge is 2.22. The monoisotopic (exact) mass is 425 g/mol. The van der Waals surface area contributed by atoms with Crippen LogP contribution in [0.3, 0.4) is 0 Å². The lowest BCUT2D eigenvalue weighted by atomic mass is 10.2. The summed E-state index contributed by atoms with van der Waals surface area (Å²) in [4.78, 5) is 28.0. The van der Waals surface area contributed by atoms with Crippen molar-refractivity contribution in [2.75, 3.05) is 19.5 Å². The van der Waals surface area contributed by atoms with Crippen LogP contribution in [0.4, 0.5) is 5.95 Å². The van der Waals surface area contributed by atoms with E-state index in [0.717, 1.165) is 34.9 Å². The Morgan fingerprint density at radius 2 is 2.00 bits per heavy atom. The number of anilines is 1. The van der Waals surface area contributed by atoms with E-state index in [1.807, 2.05) is 35.8 Å². The van der Waals surface area contributed by atoms with Gasteiger partial charge in [0.05, 0.1) is 28.4 Å². The third-order valence-electron chi connectivity index (χ3n) is 4.80. The van der Waals surface area contributed by atoms with E-state index in [1.165, 1.54) is 11.3 Å². The number of methoxy groups -OCH3 is 2. The number of fused-ring (bicyclic) bond motifs is 2. The Morgan fingerprint density at radius 3 is 2.73 bits per heavy atom. The Kier molecular flexibility index (Phi) is 5.65. The molecule has 0 atom stereocenters. The number of rotatable bonds is 7. The summed E-state index contributed by atoms with van der Waals surface area (Å²) in [6.45, 7) is 5.01. The molecule has 0 aliphatic heterocycles. The maximum atomic E-state index is 13.2. The fraction of sp³-hybridized carbons (Fsp3) is 0.333. The normalized spacial score (nSPS) is 11.3. The lowest BCUT2D eigenvalue weighted by Crippen LogP contribution is -2.15. The molecule has 3 heterocycles. The fourth-order valence-corrected chi connectivity index (χ4v) is 4.57. The molecule has 1 N–H and O–H groups in total. The summed E-state index contributed by atoms with van der Waals surface area (Å²) in [6.07, 6.45) is 0.931. The Bertz CT molecular complexity index is 1230. The zero-order chi connectivity index (χ0) is 21.3. The van der Waals surface area contributed by atoms with Crippen LogP contribution in [-0.4, -0.2) is 39.6 Å². The van der Waals surface area contributed by atoms with Crippen molar-refractivity contribution in [3.05, 3.63) is 40.5 Å². The molecule has 9 heteroatoms. The minimum atomic E-state index is -0.224. The number of aryl methyl sites for hydroxylation is 2. The summed E-state index contributed by atoms with van der Waals surface area (Å²) in [5.74, 6) is 1.27. The highest BCUT2D eigenvalue weighted by atomic mass is 32.1. The van der Waals surface area contributed by atoms with Crippen molar-refractivity contribution >= 4 is 44.4 Å². The van der Waals surface area contributed by atoms with E-state index in [-0.39, 0.29) is 12.5 Å². The molecule has 0 radical (unpaired) electrons. The second-order valence-electron chi connectivity index (χ2n) is 6.85. The van der Waals surface area contributed by atoms with Gasteiger partial charge >= 0.3 is 0 Å². The van der Waals surface area contributed by atoms with Gasteiger partial charge in [-0.2, -0.15) is 4.98 Å². The minimum Gasteiger partial charge on any atom is -0.480 e. The maximum Gasteiger partial charge on any atom is 0.268 e. The first-order chi connectivity index (χ1) is 14.6. The quantitative estimate of drug-likeness (QED) is 0.478. The second-order valence-corrected chi connectivity index (χ2v) is 7.85. The second kappa shape index (κ2) is 8.37. The van der Waals surface area contributed by atoms with E-state index in [0.29, 0.717) is 27.4 Å². The van der Waals surface area contributed by atoms with Gasteiger partial charge in [-0.3, -0.25) is 10.1 Å². The average Bonchev–Trinajstić information content (AvgIpc) is 3.26. The summed E-state index contributed by atoms with van der Waals surface area (Å²) < 4.78 is 12.6. The van der Waals surface area contributed by atoms with Gasteiger partial charge in [0.2, 0.25) is 11.8 Å². The zero-order valence-electron chi connectivity index (χ0n) is 17.4. The lowest BCUT2D eigenvalue weighted by Gasteiger charge is -2.08. The van der Waals surface area contributed by atoms with E-state index in [4.69, 9.17) is 9.47 Å². The summed E-state index contributed by atoms with van der Waals surface area (Å²) >= 11 is 1.31. The highest BCUT2D eigenvalue weighted by molar-refractivity contribution is 7.20. The summed E-state index contributed by atoms with van der Waals surface area (Å²) in [6, 6.07) is 7.87. The van der Waals surface area contributed by atoms with Crippen molar-refractivity contribution in [2.24, 2.45) is 0 Å². The number of imidazole rings is 1. The molecule has 0 unspecified atom stereocenters. The molecule has 1 aromatic carbocycles. The zero-order valence-corrected chi connectivity index (χ0v) is 18.2. The van der Waals surface area contributed by atoms with Gasteiger partial charge in [0, 0.05) is 13.7 Å². The van der Waals surface area contributed by atoms with Gasteiger partial charge in [0.1, 0.15) is 11.4 Å². The largest absolute Gasteiger partial charge is 0.480 e. The van der Waals surface area contributed by atoms with Crippen molar-refractivity contribution in [1.29, 1.82) is 0 Å². The van der Waals surface area contributed by atoms with Crippen molar-refractivity contribution in [3.8, 4) is 5.88 Å². The molecule has 3 aromatic heterocycles. The number of carbonyl (C=O) groups is 1. The molecule has 0 aliphatic carbocycles. The summed E-state index contributed by atoms with van der Waals surface area (Å²) in [5, 5.41) is 3.73. The number of carbonyl (C=O) groups excluding carboxylic acids is 1. The number of nitrogens with zero attached hydrogens (tertiary/aromatic N) is 4. The van der Waals surface area contributed by atoms with E-state index in [9.17, 15) is 4.79 Å². The molecule has 0 bridgehead atoms. The predicted molar refractivity (Wildman–Crippen MR) is 117 cm³/mol. The molecule has 4 rings (SSSR count). The van der Waals surface area contributed by atoms with E-state index in [2.05, 4.69) is 27.2 Å². The van der Waals surface area contributed by atoms with Gasteiger partial charge in [-0.1, -0.05) is 19.1 Å². The van der Waals surface area contributed by atoms with Gasteiger partial charge < -0.3 is 14.0 Å². The molecule has 0 spiro atoms. The topological polar surface area (TPSA) is 91.2 Å². The van der Waals surface area contributed by atoms with Gasteiger partial charge in [0.25, 0.3) is 5.91 Å². The number of benzene rings is 1. The average molecular weight is 426 g/mol. The molecular formula is C21H23N5O3S. The van der Waals surface area contributed by atoms with Crippen LogP contribution in [0, 0.1) is 6.92 Å². The van der Waals surface area contributed by atoms with Crippen LogP contribution < -0.4 is 10.1 Å². The van der Waals surface area contributed by atoms with Crippen LogP contribution in [0.5, 0.6) is 5.88 Å². The number of hydrogen-bond donors (Lipinski definition) is 1. The van der Waals surface area contributed by atoms with Crippen LogP contribution in [-0.2, 0) is 17.9 Å². The first-order valence-corrected chi connectivity index (χ1v) is 10.5. The number of aromatic nitrogens is 4. The number of ether oxygens (including phenoxy) is 2. The molecule has 156 valence electrons. The van der Waals surface area contributed by atoms with Crippen LogP contribution >= 0.6 is 11.3 Å². The number of nitrogens with one attached hydrogen (secondary N) is 1. The summed E-state index contributed by atoms with van der Waals surface area (Å²) in [7, 11) is 3.14. The first kappa shape index (κ1) is 20.2. The SMILES string of the molecule is CCCn1c(NC(=O)c2sc3nc(COC)nc(OC)c3c2C)nc2ccccc21. The smallest absolute Gasteiger partial charge is 0.268 e. The van der Waals surface area contributed by atoms with E-state index >= 15 is 0 Å². The predicted octanol–water partition coefficient (Wildman–Crippen LogP) is 4.17. The Labute approximate surface area is 177 Å². The lowest BCUT2D eigenvalue weighted by molar-refractivity contribution is 0.102. The van der Waals surface area contributed by atoms with E-state index < -0.39 is 0 Å². The number of hydrogen-bond acceptors (Lipinski definition) is 7. The van der Waals surface area contributed by atoms with Crippen molar-refractivity contribution < 1.29 is 14.3 Å². The number of thiophene rings is 1. The minimum absolute atomic E-state index is 0.224. The van der Waals surface area contributed by atoms with Crippen LogP contribution in [0.15, 0.2) is 24.3 Å². The fourth-order valence-electron chi connectivity index (χ4n) is 3.48. The Hall–Kier alpha value is -3.04. The molecule has 0 saturated heterocycles. The Balaban J connectivity index is 1.74. The standard InChI is InChI=1S/C21H23N5O3S/c1-5-10-26-14-9-7-6-8-13(14)22-21(26)25-18(27)17-12(2)16-19(29-4)23-15(11-28-3)24-20(16)30-17/h6-9H,5,10-11H2,1-4H3,(H,22,25,27). The molecule has 0 fully saturated rings. The number of para-hydroxylation sites is 2. The molecule has 8 nitrogen and oxygen atoms in total. The highest BCUT2D eigenvalue weighted by Crippen LogP contribution is 2.35. The molecular weight excluding hydrogens is 402 g/mol. The van der Waals surface area contributed by atoms with Crippen molar-refractivity contribution in [3.63, 3.8) is 0 Å².